The molecule has 0 N–H and O–H groups in total. The topological polar surface area (TPSA) is 104 Å². The van der Waals surface area contributed by atoms with Gasteiger partial charge in [-0.25, -0.2) is 14.4 Å². The number of carbonyl (C=O) groups is 3. The molecule has 3 rings (SSSR count). The summed E-state index contributed by atoms with van der Waals surface area (Å²) in [5.41, 5.74) is -2.87. The van der Waals surface area contributed by atoms with E-state index < -0.39 is 52.1 Å². The van der Waals surface area contributed by atoms with Crippen molar-refractivity contribution in [1.82, 2.24) is 9.80 Å². The van der Waals surface area contributed by atoms with Crippen LogP contribution in [-0.4, -0.2) is 82.7 Å². The van der Waals surface area contributed by atoms with Crippen molar-refractivity contribution in [3.8, 4) is 0 Å². The van der Waals surface area contributed by atoms with Gasteiger partial charge in [0.2, 0.25) is 0 Å². The smallest absolute Gasteiger partial charge is 0.457 e. The van der Waals surface area contributed by atoms with Gasteiger partial charge in [0.05, 0.1) is 17.2 Å². The fourth-order valence-electron chi connectivity index (χ4n) is 5.46. The average Bonchev–Trinajstić information content (AvgIpc) is 3.37. The number of likely N-dealkylation sites (N-methyl/N-ethyl adjacent to an activating group) is 1. The van der Waals surface area contributed by atoms with E-state index in [1.54, 1.807) is 48.6 Å². The normalized spacial score (nSPS) is 22.9. The molecule has 0 bridgehead atoms. The fraction of sp³-hybridized carbons (Fsp3) is 0.727. The number of rotatable bonds is 9. The first kappa shape index (κ1) is 35.7. The van der Waals surface area contributed by atoms with Crippen LogP contribution in [0.25, 0.3) is 0 Å². The molecule has 0 aromatic heterocycles. The number of hydrogen-bond acceptors (Lipinski definition) is 8. The third-order valence-corrected chi connectivity index (χ3v) is 8.50. The van der Waals surface area contributed by atoms with Crippen LogP contribution in [0, 0.1) is 0 Å². The first-order chi connectivity index (χ1) is 20.2. The molecule has 2 amide bonds. The Morgan fingerprint density at radius 2 is 1.50 bits per heavy atom. The van der Waals surface area contributed by atoms with E-state index in [1.165, 1.54) is 9.80 Å². The van der Waals surface area contributed by atoms with E-state index in [-0.39, 0.29) is 26.7 Å². The first-order valence-corrected chi connectivity index (χ1v) is 15.7. The van der Waals surface area contributed by atoms with E-state index in [1.807, 2.05) is 58.0 Å². The number of carbonyl (C=O) groups excluding carboxylic acids is 3. The van der Waals surface area contributed by atoms with Gasteiger partial charge in [-0.2, -0.15) is 0 Å². The molecule has 246 valence electrons. The van der Waals surface area contributed by atoms with Crippen LogP contribution in [0.5, 0.6) is 0 Å². The number of esters is 1. The molecule has 2 aliphatic rings. The fourth-order valence-corrected chi connectivity index (χ4v) is 5.46. The minimum Gasteiger partial charge on any atom is -0.459 e. The second-order valence-electron chi connectivity index (χ2n) is 15.1. The van der Waals surface area contributed by atoms with Crippen molar-refractivity contribution in [1.29, 1.82) is 0 Å². The summed E-state index contributed by atoms with van der Waals surface area (Å²) in [4.78, 5) is 43.9. The SMILES string of the molecule is CN(C(=O)OC(C)(C)C)[C@H]1CN(C(=O)OC(C)(C)C)[C@@](CCCCB2OC(C)(C)C(C)(C)O2)(C(=O)OCc2ccccc2)C1. The largest absolute Gasteiger partial charge is 0.459 e. The lowest BCUT2D eigenvalue weighted by Crippen LogP contribution is -2.55. The van der Waals surface area contributed by atoms with Gasteiger partial charge in [0, 0.05) is 20.0 Å². The highest BCUT2D eigenvalue weighted by Crippen LogP contribution is 2.41. The van der Waals surface area contributed by atoms with Gasteiger partial charge in [-0.1, -0.05) is 43.2 Å². The van der Waals surface area contributed by atoms with Gasteiger partial charge in [0.25, 0.3) is 0 Å². The molecule has 2 fully saturated rings. The second-order valence-corrected chi connectivity index (χ2v) is 15.1. The second kappa shape index (κ2) is 13.3. The molecule has 2 atom stereocenters. The quantitative estimate of drug-likeness (QED) is 0.132. The van der Waals surface area contributed by atoms with Gasteiger partial charge in [-0.3, -0.25) is 4.90 Å². The van der Waals surface area contributed by atoms with Gasteiger partial charge in [-0.05, 0) is 87.5 Å². The van der Waals surface area contributed by atoms with Crippen molar-refractivity contribution in [2.75, 3.05) is 13.6 Å². The van der Waals surface area contributed by atoms with Crippen molar-refractivity contribution in [3.05, 3.63) is 35.9 Å². The van der Waals surface area contributed by atoms with Crippen LogP contribution in [-0.2, 0) is 34.9 Å². The number of unbranched alkanes of at least 4 members (excludes halogenated alkanes) is 1. The number of amides is 2. The summed E-state index contributed by atoms with van der Waals surface area (Å²) >= 11 is 0. The maximum Gasteiger partial charge on any atom is 0.457 e. The molecule has 0 spiro atoms. The van der Waals surface area contributed by atoms with Crippen LogP contribution in [0.3, 0.4) is 0 Å². The molecule has 10 nitrogen and oxygen atoms in total. The van der Waals surface area contributed by atoms with Gasteiger partial charge in [-0.15, -0.1) is 0 Å². The molecule has 2 heterocycles. The van der Waals surface area contributed by atoms with Crippen LogP contribution in [0.2, 0.25) is 6.32 Å². The maximum atomic E-state index is 14.2. The Kier molecular flexibility index (Phi) is 10.8. The Hall–Kier alpha value is -2.79. The lowest BCUT2D eigenvalue weighted by molar-refractivity contribution is -0.158. The minimum atomic E-state index is -1.35. The Labute approximate surface area is 264 Å². The Balaban J connectivity index is 1.88. The molecule has 11 heteroatoms. The predicted octanol–water partition coefficient (Wildman–Crippen LogP) is 6.61. The van der Waals surface area contributed by atoms with Gasteiger partial charge in [0.15, 0.2) is 0 Å². The zero-order valence-electron chi connectivity index (χ0n) is 28.7. The third-order valence-electron chi connectivity index (χ3n) is 8.50. The number of nitrogens with zero attached hydrogens (tertiary/aromatic N) is 2. The zero-order valence-corrected chi connectivity index (χ0v) is 28.7. The molecular weight excluding hydrogens is 563 g/mol. The van der Waals surface area contributed by atoms with Crippen LogP contribution < -0.4 is 0 Å². The molecule has 0 aliphatic carbocycles. The molecule has 1 aromatic rings. The molecule has 1 aromatic carbocycles. The molecule has 0 unspecified atom stereocenters. The number of benzene rings is 1. The summed E-state index contributed by atoms with van der Waals surface area (Å²) in [5, 5.41) is 0. The van der Waals surface area contributed by atoms with Crippen LogP contribution in [0.15, 0.2) is 30.3 Å². The lowest BCUT2D eigenvalue weighted by Gasteiger charge is -2.37. The van der Waals surface area contributed by atoms with E-state index >= 15 is 0 Å². The molecular formula is C33H53BN2O8. The maximum absolute atomic E-state index is 14.2. The van der Waals surface area contributed by atoms with Gasteiger partial charge >= 0.3 is 25.3 Å². The summed E-state index contributed by atoms with van der Waals surface area (Å²) in [5.74, 6) is -0.525. The van der Waals surface area contributed by atoms with Crippen LogP contribution >= 0.6 is 0 Å². The highest BCUT2D eigenvalue weighted by Gasteiger charge is 2.57. The summed E-state index contributed by atoms with van der Waals surface area (Å²) in [6.45, 7) is 19.0. The first-order valence-electron chi connectivity index (χ1n) is 15.7. The van der Waals surface area contributed by atoms with Crippen molar-refractivity contribution in [2.45, 2.75) is 142 Å². The van der Waals surface area contributed by atoms with Crippen molar-refractivity contribution in [2.24, 2.45) is 0 Å². The Morgan fingerprint density at radius 1 is 0.932 bits per heavy atom. The Morgan fingerprint density at radius 3 is 2.05 bits per heavy atom. The number of ether oxygens (including phenoxy) is 3. The summed E-state index contributed by atoms with van der Waals surface area (Å²) < 4.78 is 29.7. The molecule has 0 saturated carbocycles. The zero-order chi connectivity index (χ0) is 33.1. The summed E-state index contributed by atoms with van der Waals surface area (Å²) in [7, 11) is 1.27. The van der Waals surface area contributed by atoms with Crippen molar-refractivity contribution >= 4 is 25.3 Å². The van der Waals surface area contributed by atoms with E-state index in [2.05, 4.69) is 0 Å². The van der Waals surface area contributed by atoms with Crippen LogP contribution in [0.1, 0.15) is 100 Å². The Bertz CT molecular complexity index is 1140. The minimum absolute atomic E-state index is 0.0596. The highest BCUT2D eigenvalue weighted by atomic mass is 16.7. The van der Waals surface area contributed by atoms with Gasteiger partial charge < -0.3 is 28.4 Å². The molecule has 44 heavy (non-hydrogen) atoms. The van der Waals surface area contributed by atoms with E-state index in [9.17, 15) is 14.4 Å². The standard InChI is InChI=1S/C33H53BN2O8/c1-29(2,3)41-27(38)35(11)25-21-33(36(22-25)28(39)42-30(4,5)6,26(37)40-23-24-17-13-12-14-18-24)19-15-16-20-34-43-31(7,8)32(9,10)44-34/h12-14,17-18,25H,15-16,19-23H2,1-11H3/t25-,33-/m1/s1. The highest BCUT2D eigenvalue weighted by molar-refractivity contribution is 6.45. The van der Waals surface area contributed by atoms with Crippen LogP contribution in [0.4, 0.5) is 9.59 Å². The summed E-state index contributed by atoms with van der Waals surface area (Å²) in [6, 6.07) is 8.91. The van der Waals surface area contributed by atoms with Crippen molar-refractivity contribution in [3.63, 3.8) is 0 Å². The summed E-state index contributed by atoms with van der Waals surface area (Å²) in [6.07, 6.45) is 1.27. The predicted molar refractivity (Wildman–Crippen MR) is 169 cm³/mol. The molecule has 2 aliphatic heterocycles. The lowest BCUT2D eigenvalue weighted by atomic mass is 9.80. The monoisotopic (exact) mass is 616 g/mol. The van der Waals surface area contributed by atoms with Crippen molar-refractivity contribution < 1.29 is 37.9 Å². The number of likely N-dealkylation sites (tertiary alicyclic amines) is 1. The molecule has 2 saturated heterocycles. The third kappa shape index (κ3) is 8.90. The van der Waals surface area contributed by atoms with Gasteiger partial charge in [0.1, 0.15) is 23.3 Å². The van der Waals surface area contributed by atoms with E-state index in [0.29, 0.717) is 25.6 Å². The average molecular weight is 617 g/mol. The number of hydrogen-bond donors (Lipinski definition) is 0. The molecule has 0 radical (unpaired) electrons. The van der Waals surface area contributed by atoms with E-state index in [4.69, 9.17) is 23.5 Å². The van der Waals surface area contributed by atoms with E-state index in [0.717, 1.165) is 5.56 Å².